The molecule has 0 radical (unpaired) electrons. The van der Waals surface area contributed by atoms with E-state index in [9.17, 15) is 4.79 Å². The Morgan fingerprint density at radius 1 is 1.45 bits per heavy atom. The zero-order chi connectivity index (χ0) is 14.5. The van der Waals surface area contributed by atoms with E-state index in [2.05, 4.69) is 15.3 Å². The van der Waals surface area contributed by atoms with Crippen molar-refractivity contribution in [1.29, 1.82) is 0 Å². The van der Waals surface area contributed by atoms with Gasteiger partial charge in [-0.1, -0.05) is 0 Å². The van der Waals surface area contributed by atoms with E-state index >= 15 is 0 Å². The number of amides is 1. The number of hydrogen-bond acceptors (Lipinski definition) is 6. The van der Waals surface area contributed by atoms with Crippen LogP contribution in [-0.2, 0) is 4.79 Å². The van der Waals surface area contributed by atoms with Crippen molar-refractivity contribution >= 4 is 17.4 Å². The van der Waals surface area contributed by atoms with Crippen molar-refractivity contribution in [2.75, 3.05) is 30.7 Å². The van der Waals surface area contributed by atoms with Crippen LogP contribution in [0.25, 0.3) is 0 Å². The SMILES string of the molecule is CC(C)Oc1ncnc(NCC(=O)N2CCCC2)c1N. The number of carbonyl (C=O) groups is 1. The van der Waals surface area contributed by atoms with E-state index < -0.39 is 0 Å². The molecule has 0 aromatic carbocycles. The molecule has 1 saturated heterocycles. The fourth-order valence-electron chi connectivity index (χ4n) is 2.08. The lowest BCUT2D eigenvalue weighted by molar-refractivity contribution is -0.128. The van der Waals surface area contributed by atoms with Crippen molar-refractivity contribution in [2.45, 2.75) is 32.8 Å². The highest BCUT2D eigenvalue weighted by atomic mass is 16.5. The predicted molar refractivity (Wildman–Crippen MR) is 76.5 cm³/mol. The first-order valence-electron chi connectivity index (χ1n) is 6.86. The van der Waals surface area contributed by atoms with Gasteiger partial charge in [0.1, 0.15) is 12.0 Å². The molecule has 1 aliphatic rings. The first kappa shape index (κ1) is 14.4. The summed E-state index contributed by atoms with van der Waals surface area (Å²) in [5.74, 6) is 0.834. The number of hydrogen-bond donors (Lipinski definition) is 2. The van der Waals surface area contributed by atoms with E-state index in [1.807, 2.05) is 18.7 Å². The van der Waals surface area contributed by atoms with E-state index in [0.29, 0.717) is 17.4 Å². The molecule has 1 aromatic rings. The maximum Gasteiger partial charge on any atom is 0.242 e. The van der Waals surface area contributed by atoms with Crippen molar-refractivity contribution < 1.29 is 9.53 Å². The minimum Gasteiger partial charge on any atom is -0.473 e. The molecule has 0 saturated carbocycles. The van der Waals surface area contributed by atoms with Crippen LogP contribution in [0.3, 0.4) is 0 Å². The van der Waals surface area contributed by atoms with E-state index in [0.717, 1.165) is 25.9 Å². The number of likely N-dealkylation sites (tertiary alicyclic amines) is 1. The number of ether oxygens (including phenoxy) is 1. The van der Waals surface area contributed by atoms with Gasteiger partial charge in [-0.05, 0) is 26.7 Å². The molecule has 1 aliphatic heterocycles. The van der Waals surface area contributed by atoms with Crippen LogP contribution in [0.15, 0.2) is 6.33 Å². The zero-order valence-electron chi connectivity index (χ0n) is 11.9. The Morgan fingerprint density at radius 3 is 2.80 bits per heavy atom. The summed E-state index contributed by atoms with van der Waals surface area (Å²) in [6, 6.07) is 0. The highest BCUT2D eigenvalue weighted by Crippen LogP contribution is 2.25. The van der Waals surface area contributed by atoms with Crippen LogP contribution >= 0.6 is 0 Å². The maximum absolute atomic E-state index is 11.9. The number of rotatable bonds is 5. The molecule has 20 heavy (non-hydrogen) atoms. The Kier molecular flexibility index (Phi) is 4.60. The standard InChI is InChI=1S/C13H21N5O2/c1-9(2)20-13-11(14)12(16-8-17-13)15-7-10(19)18-5-3-4-6-18/h8-9H,3-7,14H2,1-2H3,(H,15,16,17). The fourth-order valence-corrected chi connectivity index (χ4v) is 2.08. The van der Waals surface area contributed by atoms with Crippen molar-refractivity contribution in [1.82, 2.24) is 14.9 Å². The molecule has 0 spiro atoms. The van der Waals surface area contributed by atoms with Crippen molar-refractivity contribution in [3.63, 3.8) is 0 Å². The average Bonchev–Trinajstić information content (AvgIpc) is 2.93. The first-order chi connectivity index (χ1) is 9.58. The van der Waals surface area contributed by atoms with E-state index in [4.69, 9.17) is 10.5 Å². The van der Waals surface area contributed by atoms with Crippen LogP contribution in [0.1, 0.15) is 26.7 Å². The first-order valence-corrected chi connectivity index (χ1v) is 6.86. The number of nitrogens with two attached hydrogens (primary N) is 1. The van der Waals surface area contributed by atoms with Crippen LogP contribution < -0.4 is 15.8 Å². The minimum atomic E-state index is -0.0220. The Hall–Kier alpha value is -2.05. The molecule has 2 rings (SSSR count). The molecular formula is C13H21N5O2. The monoisotopic (exact) mass is 279 g/mol. The molecule has 7 nitrogen and oxygen atoms in total. The topological polar surface area (TPSA) is 93.4 Å². The van der Waals surface area contributed by atoms with E-state index in [1.54, 1.807) is 0 Å². The van der Waals surface area contributed by atoms with Crippen molar-refractivity contribution in [3.05, 3.63) is 6.33 Å². The third-order valence-corrected chi connectivity index (χ3v) is 3.06. The molecule has 2 heterocycles. The molecule has 0 unspecified atom stereocenters. The Balaban J connectivity index is 1.96. The Bertz CT molecular complexity index is 472. The lowest BCUT2D eigenvalue weighted by atomic mass is 10.4. The highest BCUT2D eigenvalue weighted by Gasteiger charge is 2.18. The summed E-state index contributed by atoms with van der Waals surface area (Å²) in [4.78, 5) is 21.8. The fraction of sp³-hybridized carbons (Fsp3) is 0.615. The van der Waals surface area contributed by atoms with Gasteiger partial charge in [-0.25, -0.2) is 4.98 Å². The maximum atomic E-state index is 11.9. The number of nitrogens with one attached hydrogen (secondary N) is 1. The highest BCUT2D eigenvalue weighted by molar-refractivity contribution is 5.82. The number of nitrogens with zero attached hydrogens (tertiary/aromatic N) is 3. The van der Waals surface area contributed by atoms with Gasteiger partial charge in [-0.3, -0.25) is 4.79 Å². The lowest BCUT2D eigenvalue weighted by Gasteiger charge is -2.17. The summed E-state index contributed by atoms with van der Waals surface area (Å²) < 4.78 is 5.48. The van der Waals surface area contributed by atoms with Crippen molar-refractivity contribution in [3.8, 4) is 5.88 Å². The molecule has 0 aliphatic carbocycles. The summed E-state index contributed by atoms with van der Waals surface area (Å²) in [7, 11) is 0. The van der Waals surface area contributed by atoms with Crippen molar-refractivity contribution in [2.24, 2.45) is 0 Å². The van der Waals surface area contributed by atoms with Gasteiger partial charge in [0, 0.05) is 13.1 Å². The van der Waals surface area contributed by atoms with Gasteiger partial charge in [-0.2, -0.15) is 4.98 Å². The predicted octanol–water partition coefficient (Wildman–Crippen LogP) is 0.880. The van der Waals surface area contributed by atoms with Crippen LogP contribution in [0.5, 0.6) is 5.88 Å². The summed E-state index contributed by atoms with van der Waals surface area (Å²) in [5, 5.41) is 2.96. The summed E-state index contributed by atoms with van der Waals surface area (Å²) in [5.41, 5.74) is 6.26. The van der Waals surface area contributed by atoms with E-state index in [-0.39, 0.29) is 18.6 Å². The number of carbonyl (C=O) groups excluding carboxylic acids is 1. The molecule has 1 aromatic heterocycles. The largest absolute Gasteiger partial charge is 0.473 e. The summed E-state index contributed by atoms with van der Waals surface area (Å²) in [6.07, 6.45) is 3.50. The van der Waals surface area contributed by atoms with Crippen LogP contribution in [0.4, 0.5) is 11.5 Å². The normalized spacial score (nSPS) is 14.7. The molecule has 1 amide bonds. The molecule has 7 heteroatoms. The second-order valence-electron chi connectivity index (χ2n) is 5.05. The van der Waals surface area contributed by atoms with Gasteiger partial charge in [-0.15, -0.1) is 0 Å². The van der Waals surface area contributed by atoms with Gasteiger partial charge in [0.05, 0.1) is 12.6 Å². The third kappa shape index (κ3) is 3.49. The second kappa shape index (κ2) is 6.40. The van der Waals surface area contributed by atoms with Gasteiger partial charge in [0.15, 0.2) is 5.82 Å². The molecule has 0 bridgehead atoms. The van der Waals surface area contributed by atoms with Gasteiger partial charge < -0.3 is 20.7 Å². The van der Waals surface area contributed by atoms with Crippen LogP contribution in [0.2, 0.25) is 0 Å². The molecule has 0 atom stereocenters. The molecule has 110 valence electrons. The molecule has 1 fully saturated rings. The quantitative estimate of drug-likeness (QED) is 0.831. The Morgan fingerprint density at radius 2 is 2.15 bits per heavy atom. The van der Waals surface area contributed by atoms with Crippen LogP contribution in [0, 0.1) is 0 Å². The van der Waals surface area contributed by atoms with Gasteiger partial charge in [0.2, 0.25) is 11.8 Å². The number of aromatic nitrogens is 2. The lowest BCUT2D eigenvalue weighted by Crippen LogP contribution is -2.33. The molecular weight excluding hydrogens is 258 g/mol. The minimum absolute atomic E-state index is 0.0220. The van der Waals surface area contributed by atoms with Gasteiger partial charge >= 0.3 is 0 Å². The number of nitrogen functional groups attached to an aromatic ring is 1. The summed E-state index contributed by atoms with van der Waals surface area (Å²) in [6.45, 7) is 5.64. The number of anilines is 2. The molecule has 3 N–H and O–H groups in total. The van der Waals surface area contributed by atoms with E-state index in [1.165, 1.54) is 6.33 Å². The summed E-state index contributed by atoms with van der Waals surface area (Å²) >= 11 is 0. The van der Waals surface area contributed by atoms with Gasteiger partial charge in [0.25, 0.3) is 0 Å². The zero-order valence-corrected chi connectivity index (χ0v) is 11.9. The third-order valence-electron chi connectivity index (χ3n) is 3.06. The Labute approximate surface area is 118 Å². The smallest absolute Gasteiger partial charge is 0.242 e. The van der Waals surface area contributed by atoms with Crippen LogP contribution in [-0.4, -0.2) is 46.5 Å². The average molecular weight is 279 g/mol. The second-order valence-corrected chi connectivity index (χ2v) is 5.05.